The number of unbranched alkanes of at least 4 members (excludes halogenated alkanes) is 1. The van der Waals surface area contributed by atoms with Crippen LogP contribution in [-0.2, 0) is 22.5 Å². The molecule has 33 heavy (non-hydrogen) atoms. The van der Waals surface area contributed by atoms with E-state index in [9.17, 15) is 14.0 Å². The number of aliphatic carboxylic acids is 1. The van der Waals surface area contributed by atoms with Gasteiger partial charge in [0, 0.05) is 24.7 Å². The maximum absolute atomic E-state index is 13.4. The number of allylic oxidation sites excluding steroid dienone is 2. The van der Waals surface area contributed by atoms with Gasteiger partial charge >= 0.3 is 5.97 Å². The third kappa shape index (κ3) is 13.6. The highest BCUT2D eigenvalue weighted by Crippen LogP contribution is 2.26. The van der Waals surface area contributed by atoms with Crippen molar-refractivity contribution in [2.45, 2.75) is 45.6 Å². The summed E-state index contributed by atoms with van der Waals surface area (Å²) in [7, 11) is 0. The molecule has 7 heteroatoms. The van der Waals surface area contributed by atoms with Crippen LogP contribution in [0.4, 0.5) is 4.39 Å². The molecule has 178 valence electrons. The van der Waals surface area contributed by atoms with Crippen molar-refractivity contribution in [1.82, 2.24) is 4.98 Å². The summed E-state index contributed by atoms with van der Waals surface area (Å²) in [6.07, 6.45) is 12.3. The number of nitrogens with zero attached hydrogens (tertiary/aromatic N) is 1. The van der Waals surface area contributed by atoms with E-state index < -0.39 is 11.8 Å². The standard InChI is InChI=1S/C14H13FN2O.C8H12O3.C4H8/c15-13-9-17-6-5-12(13)7-14(18)11-3-1-10(8-16)2-4-11;1-2-3-4-5-6-11-7-8(9)10;1-4-2-3-4/h1-6,9H,7-8,16H2;2,5-6H,1,3-4,7H2,(H,9,10);4H,2-3H2,1H3/b;6-5+;. The molecule has 1 aromatic heterocycles. The van der Waals surface area contributed by atoms with Gasteiger partial charge in [-0.1, -0.05) is 50.1 Å². The predicted octanol–water partition coefficient (Wildman–Crippen LogP) is 5.09. The number of aromatic nitrogens is 1. The number of benzene rings is 1. The highest BCUT2D eigenvalue weighted by atomic mass is 19.1. The summed E-state index contributed by atoms with van der Waals surface area (Å²) in [6.45, 7) is 5.98. The van der Waals surface area contributed by atoms with Crippen LogP contribution < -0.4 is 5.73 Å². The normalized spacial score (nSPS) is 12.1. The Balaban J connectivity index is 0.000000307. The van der Waals surface area contributed by atoms with Gasteiger partial charge in [-0.3, -0.25) is 9.78 Å². The molecule has 0 radical (unpaired) electrons. The summed E-state index contributed by atoms with van der Waals surface area (Å²) in [5, 5.41) is 8.14. The average Bonchev–Trinajstić information content (AvgIpc) is 3.60. The largest absolute Gasteiger partial charge is 0.490 e. The van der Waals surface area contributed by atoms with Crippen molar-refractivity contribution < 1.29 is 23.8 Å². The highest BCUT2D eigenvalue weighted by Gasteiger charge is 2.12. The molecule has 0 amide bonds. The zero-order valence-electron chi connectivity index (χ0n) is 19.1. The first-order valence-corrected chi connectivity index (χ1v) is 10.9. The lowest BCUT2D eigenvalue weighted by Gasteiger charge is -2.03. The van der Waals surface area contributed by atoms with Gasteiger partial charge < -0.3 is 15.6 Å². The van der Waals surface area contributed by atoms with Gasteiger partial charge in [-0.05, 0) is 42.0 Å². The van der Waals surface area contributed by atoms with Gasteiger partial charge in [-0.2, -0.15) is 0 Å². The van der Waals surface area contributed by atoms with E-state index in [1.807, 2.05) is 0 Å². The van der Waals surface area contributed by atoms with Gasteiger partial charge in [0.1, 0.15) is 5.82 Å². The van der Waals surface area contributed by atoms with Crippen molar-refractivity contribution in [3.05, 3.63) is 90.2 Å². The smallest absolute Gasteiger partial charge is 0.341 e. The summed E-state index contributed by atoms with van der Waals surface area (Å²) in [6, 6.07) is 8.54. The molecule has 0 bridgehead atoms. The van der Waals surface area contributed by atoms with Gasteiger partial charge in [0.25, 0.3) is 0 Å². The number of carbonyl (C=O) groups excluding carboxylic acids is 1. The van der Waals surface area contributed by atoms with Gasteiger partial charge in [0.05, 0.1) is 12.5 Å². The minimum absolute atomic E-state index is 0.0380. The molecule has 0 saturated heterocycles. The Hall–Kier alpha value is -3.32. The fraction of sp³-hybridized carbons (Fsp3) is 0.346. The van der Waals surface area contributed by atoms with Crippen molar-refractivity contribution in [1.29, 1.82) is 0 Å². The van der Waals surface area contributed by atoms with E-state index in [-0.39, 0.29) is 18.8 Å². The molecule has 1 aliphatic carbocycles. The molecule has 1 aliphatic rings. The van der Waals surface area contributed by atoms with Gasteiger partial charge in [0.2, 0.25) is 0 Å². The molecule has 0 aliphatic heterocycles. The molecule has 3 rings (SSSR count). The maximum atomic E-state index is 13.4. The first-order valence-electron chi connectivity index (χ1n) is 10.9. The fourth-order valence-electron chi connectivity index (χ4n) is 2.29. The van der Waals surface area contributed by atoms with Crippen molar-refractivity contribution in [2.24, 2.45) is 11.7 Å². The first-order chi connectivity index (χ1) is 15.9. The van der Waals surface area contributed by atoms with Crippen LogP contribution in [0.25, 0.3) is 0 Å². The second-order valence-corrected chi connectivity index (χ2v) is 7.59. The van der Waals surface area contributed by atoms with Crippen LogP contribution in [0.2, 0.25) is 0 Å². The monoisotopic (exact) mass is 456 g/mol. The van der Waals surface area contributed by atoms with Crippen molar-refractivity contribution in [3.8, 4) is 0 Å². The Kier molecular flexibility index (Phi) is 13.7. The molecule has 6 nitrogen and oxygen atoms in total. The predicted molar refractivity (Wildman–Crippen MR) is 127 cm³/mol. The number of halogens is 1. The average molecular weight is 457 g/mol. The topological polar surface area (TPSA) is 103 Å². The number of carbonyl (C=O) groups is 2. The second kappa shape index (κ2) is 16.3. The third-order valence-corrected chi connectivity index (χ3v) is 4.52. The number of Topliss-reactive ketones (excluding diaryl/α,β-unsaturated/α-hetero) is 1. The van der Waals surface area contributed by atoms with Crippen LogP contribution in [0.5, 0.6) is 0 Å². The van der Waals surface area contributed by atoms with E-state index in [0.29, 0.717) is 17.7 Å². The number of ether oxygens (including phenoxy) is 1. The first kappa shape index (κ1) is 27.7. The zero-order chi connectivity index (χ0) is 24.5. The van der Waals surface area contributed by atoms with E-state index in [0.717, 1.165) is 30.5 Å². The number of carboxylic acids is 1. The number of hydrogen-bond acceptors (Lipinski definition) is 5. The van der Waals surface area contributed by atoms with Gasteiger partial charge in [0.15, 0.2) is 12.4 Å². The second-order valence-electron chi connectivity index (χ2n) is 7.59. The van der Waals surface area contributed by atoms with Crippen molar-refractivity contribution in [3.63, 3.8) is 0 Å². The maximum Gasteiger partial charge on any atom is 0.341 e. The molecule has 0 spiro atoms. The summed E-state index contributed by atoms with van der Waals surface area (Å²) in [5.74, 6) is -0.452. The lowest BCUT2D eigenvalue weighted by Crippen LogP contribution is -2.06. The molecule has 0 atom stereocenters. The lowest BCUT2D eigenvalue weighted by molar-refractivity contribution is -0.140. The van der Waals surface area contributed by atoms with Crippen LogP contribution >= 0.6 is 0 Å². The van der Waals surface area contributed by atoms with Gasteiger partial charge in [-0.25, -0.2) is 9.18 Å². The van der Waals surface area contributed by atoms with Gasteiger partial charge in [-0.15, -0.1) is 6.58 Å². The molecular formula is C26H33FN2O4. The Morgan fingerprint density at radius 2 is 1.91 bits per heavy atom. The van der Waals surface area contributed by atoms with Crippen LogP contribution in [0.3, 0.4) is 0 Å². The molecular weight excluding hydrogens is 423 g/mol. The van der Waals surface area contributed by atoms with E-state index in [1.165, 1.54) is 31.4 Å². The minimum Gasteiger partial charge on any atom is -0.490 e. The SMILES string of the molecule is C=CCC/C=C/OCC(=O)O.CC1CC1.NCc1ccc(C(=O)Cc2ccncc2F)cc1. The molecule has 2 aromatic rings. The molecule has 1 fully saturated rings. The van der Waals surface area contributed by atoms with E-state index >= 15 is 0 Å². The number of hydrogen-bond donors (Lipinski definition) is 2. The minimum atomic E-state index is -0.960. The Morgan fingerprint density at radius 3 is 2.42 bits per heavy atom. The molecule has 3 N–H and O–H groups in total. The number of carboxylic acid groups (broad SMARTS) is 1. The van der Waals surface area contributed by atoms with Crippen LogP contribution in [0.15, 0.2) is 67.7 Å². The van der Waals surface area contributed by atoms with Crippen molar-refractivity contribution >= 4 is 11.8 Å². The van der Waals surface area contributed by atoms with Crippen LogP contribution in [0.1, 0.15) is 54.1 Å². The number of rotatable bonds is 10. The summed E-state index contributed by atoms with van der Waals surface area (Å²) < 4.78 is 18.0. The van der Waals surface area contributed by atoms with E-state index in [1.54, 1.807) is 36.4 Å². The third-order valence-electron chi connectivity index (χ3n) is 4.52. The Morgan fingerprint density at radius 1 is 1.24 bits per heavy atom. The Bertz CT molecular complexity index is 893. The summed E-state index contributed by atoms with van der Waals surface area (Å²) in [5.41, 5.74) is 7.36. The number of nitrogens with two attached hydrogens (primary N) is 1. The summed E-state index contributed by atoms with van der Waals surface area (Å²) >= 11 is 0. The van der Waals surface area contributed by atoms with Crippen LogP contribution in [0, 0.1) is 11.7 Å². The highest BCUT2D eigenvalue weighted by molar-refractivity contribution is 5.97. The van der Waals surface area contributed by atoms with E-state index in [2.05, 4.69) is 23.2 Å². The Labute approximate surface area is 195 Å². The fourth-order valence-corrected chi connectivity index (χ4v) is 2.29. The molecule has 1 aromatic carbocycles. The van der Waals surface area contributed by atoms with Crippen LogP contribution in [-0.4, -0.2) is 28.4 Å². The molecule has 0 unspecified atom stereocenters. The molecule has 1 heterocycles. The summed E-state index contributed by atoms with van der Waals surface area (Å²) in [4.78, 5) is 25.5. The number of ketones is 1. The molecule has 1 saturated carbocycles. The lowest BCUT2D eigenvalue weighted by atomic mass is 10.0. The zero-order valence-corrected chi connectivity index (χ0v) is 19.1. The number of pyridine rings is 1. The van der Waals surface area contributed by atoms with Crippen molar-refractivity contribution in [2.75, 3.05) is 6.61 Å². The van der Waals surface area contributed by atoms with E-state index in [4.69, 9.17) is 10.8 Å². The quantitative estimate of drug-likeness (QED) is 0.223.